The van der Waals surface area contributed by atoms with Crippen LogP contribution in [0.3, 0.4) is 0 Å². The summed E-state index contributed by atoms with van der Waals surface area (Å²) in [4.78, 5) is 0. The molecule has 1 aliphatic carbocycles. The zero-order valence-corrected chi connectivity index (χ0v) is 13.0. The monoisotopic (exact) mass is 302 g/mol. The number of rotatable bonds is 4. The fraction of sp³-hybridized carbons (Fsp3) is 1.00. The molecule has 1 saturated carbocycles. The zero-order chi connectivity index (χ0) is 12.3. The van der Waals surface area contributed by atoms with Gasteiger partial charge < -0.3 is 4.74 Å². The van der Waals surface area contributed by atoms with Crippen molar-refractivity contribution in [2.75, 3.05) is 5.33 Å². The Bertz CT molecular complexity index is 233. The molecule has 2 atom stereocenters. The van der Waals surface area contributed by atoms with Crippen LogP contribution in [0.4, 0.5) is 0 Å². The van der Waals surface area contributed by atoms with E-state index in [0.29, 0.717) is 11.7 Å². The minimum atomic E-state index is 0.302. The van der Waals surface area contributed by atoms with Crippen LogP contribution in [0.15, 0.2) is 0 Å². The van der Waals surface area contributed by atoms with Gasteiger partial charge in [0.1, 0.15) is 0 Å². The van der Waals surface area contributed by atoms with Crippen molar-refractivity contribution in [3.63, 3.8) is 0 Å². The standard InChI is InChI=1S/C15H27BrO/c1-12(2)13(11-16)10-14-6-9-15(17-14)7-4-3-5-8-15/h12-14H,3-11H2,1-2H3. The fourth-order valence-electron chi connectivity index (χ4n) is 3.48. The van der Waals surface area contributed by atoms with Gasteiger partial charge in [0.25, 0.3) is 0 Å². The van der Waals surface area contributed by atoms with Gasteiger partial charge in [-0.1, -0.05) is 49.0 Å². The molecule has 0 radical (unpaired) electrons. The molecule has 0 N–H and O–H groups in total. The summed E-state index contributed by atoms with van der Waals surface area (Å²) >= 11 is 3.66. The molecular formula is C15H27BrO. The highest BCUT2D eigenvalue weighted by molar-refractivity contribution is 9.09. The van der Waals surface area contributed by atoms with Crippen molar-refractivity contribution in [3.05, 3.63) is 0 Å². The lowest BCUT2D eigenvalue weighted by molar-refractivity contribution is -0.0704. The van der Waals surface area contributed by atoms with E-state index in [1.165, 1.54) is 51.4 Å². The van der Waals surface area contributed by atoms with Gasteiger partial charge in [0.05, 0.1) is 11.7 Å². The molecule has 1 nitrogen and oxygen atoms in total. The Kier molecular flexibility index (Phi) is 4.94. The van der Waals surface area contributed by atoms with Crippen molar-refractivity contribution >= 4 is 15.9 Å². The van der Waals surface area contributed by atoms with Crippen LogP contribution < -0.4 is 0 Å². The van der Waals surface area contributed by atoms with Crippen molar-refractivity contribution in [3.8, 4) is 0 Å². The van der Waals surface area contributed by atoms with Crippen molar-refractivity contribution in [1.82, 2.24) is 0 Å². The summed E-state index contributed by atoms with van der Waals surface area (Å²) in [6.45, 7) is 4.66. The average Bonchev–Trinajstić information content (AvgIpc) is 2.70. The van der Waals surface area contributed by atoms with Gasteiger partial charge in [0, 0.05) is 5.33 Å². The van der Waals surface area contributed by atoms with E-state index in [-0.39, 0.29) is 0 Å². The molecule has 2 fully saturated rings. The van der Waals surface area contributed by atoms with Crippen molar-refractivity contribution in [2.24, 2.45) is 11.8 Å². The second-order valence-corrected chi connectivity index (χ2v) is 7.06. The van der Waals surface area contributed by atoms with E-state index in [0.717, 1.165) is 17.2 Å². The third-order valence-corrected chi connectivity index (χ3v) is 5.64. The first-order chi connectivity index (χ1) is 8.15. The van der Waals surface area contributed by atoms with E-state index >= 15 is 0 Å². The van der Waals surface area contributed by atoms with Gasteiger partial charge in [-0.15, -0.1) is 0 Å². The smallest absolute Gasteiger partial charge is 0.0687 e. The molecule has 1 spiro atoms. The highest BCUT2D eigenvalue weighted by atomic mass is 79.9. The third-order valence-electron chi connectivity index (χ3n) is 4.81. The molecule has 0 amide bonds. The van der Waals surface area contributed by atoms with Gasteiger partial charge in [-0.2, -0.15) is 0 Å². The van der Waals surface area contributed by atoms with E-state index in [1.807, 2.05) is 0 Å². The lowest BCUT2D eigenvalue weighted by Crippen LogP contribution is -2.32. The van der Waals surface area contributed by atoms with E-state index in [9.17, 15) is 0 Å². The molecular weight excluding hydrogens is 276 g/mol. The normalized spacial score (nSPS) is 30.0. The van der Waals surface area contributed by atoms with Gasteiger partial charge in [0.15, 0.2) is 0 Å². The van der Waals surface area contributed by atoms with Crippen molar-refractivity contribution in [2.45, 2.75) is 76.9 Å². The number of hydrogen-bond donors (Lipinski definition) is 0. The zero-order valence-electron chi connectivity index (χ0n) is 11.4. The number of alkyl halides is 1. The molecule has 1 heterocycles. The first kappa shape index (κ1) is 13.9. The first-order valence-corrected chi connectivity index (χ1v) is 8.51. The summed E-state index contributed by atoms with van der Waals surface area (Å²) in [5, 5.41) is 1.12. The highest BCUT2D eigenvalue weighted by Crippen LogP contribution is 2.43. The Morgan fingerprint density at radius 3 is 2.47 bits per heavy atom. The summed E-state index contributed by atoms with van der Waals surface area (Å²) in [5.74, 6) is 1.54. The predicted octanol–water partition coefficient (Wildman–Crippen LogP) is 4.93. The molecule has 2 unspecified atom stereocenters. The van der Waals surface area contributed by atoms with Crippen molar-refractivity contribution < 1.29 is 4.74 Å². The van der Waals surface area contributed by atoms with E-state index in [1.54, 1.807) is 0 Å². The summed E-state index contributed by atoms with van der Waals surface area (Å²) in [5.41, 5.74) is 0.302. The maximum atomic E-state index is 6.45. The molecule has 2 aliphatic rings. The fourth-order valence-corrected chi connectivity index (χ4v) is 4.49. The average molecular weight is 303 g/mol. The SMILES string of the molecule is CC(C)C(CBr)CC1CCC2(CCCCC2)O1. The Balaban J connectivity index is 1.84. The summed E-state index contributed by atoms with van der Waals surface area (Å²) < 4.78 is 6.45. The molecule has 0 aromatic carbocycles. The molecule has 2 heteroatoms. The molecule has 1 aliphatic heterocycles. The van der Waals surface area contributed by atoms with E-state index < -0.39 is 0 Å². The van der Waals surface area contributed by atoms with Crippen LogP contribution in [-0.4, -0.2) is 17.0 Å². The number of halogens is 1. The Morgan fingerprint density at radius 1 is 1.18 bits per heavy atom. The van der Waals surface area contributed by atoms with Crippen LogP contribution >= 0.6 is 15.9 Å². The maximum absolute atomic E-state index is 6.45. The van der Waals surface area contributed by atoms with Crippen LogP contribution in [0.5, 0.6) is 0 Å². The number of ether oxygens (including phenoxy) is 1. The molecule has 0 bridgehead atoms. The molecule has 17 heavy (non-hydrogen) atoms. The van der Waals surface area contributed by atoms with Gasteiger partial charge in [-0.3, -0.25) is 0 Å². The predicted molar refractivity (Wildman–Crippen MR) is 76.7 cm³/mol. The largest absolute Gasteiger partial charge is 0.372 e. The van der Waals surface area contributed by atoms with Crippen LogP contribution in [0.25, 0.3) is 0 Å². The third kappa shape index (κ3) is 3.47. The summed E-state index contributed by atoms with van der Waals surface area (Å²) in [6.07, 6.45) is 11.3. The van der Waals surface area contributed by atoms with Crippen LogP contribution in [0.2, 0.25) is 0 Å². The molecule has 1 saturated heterocycles. The second kappa shape index (κ2) is 6.06. The van der Waals surface area contributed by atoms with Crippen molar-refractivity contribution in [1.29, 1.82) is 0 Å². The summed E-state index contributed by atoms with van der Waals surface area (Å²) in [7, 11) is 0. The van der Waals surface area contributed by atoms with E-state index in [4.69, 9.17) is 4.74 Å². The van der Waals surface area contributed by atoms with Crippen LogP contribution in [-0.2, 0) is 4.74 Å². The van der Waals surface area contributed by atoms with E-state index in [2.05, 4.69) is 29.8 Å². The summed E-state index contributed by atoms with van der Waals surface area (Å²) in [6, 6.07) is 0. The Hall–Kier alpha value is 0.440. The lowest BCUT2D eigenvalue weighted by Gasteiger charge is -2.34. The van der Waals surface area contributed by atoms with Gasteiger partial charge >= 0.3 is 0 Å². The number of hydrogen-bond acceptors (Lipinski definition) is 1. The van der Waals surface area contributed by atoms with Crippen LogP contribution in [0, 0.1) is 11.8 Å². The van der Waals surface area contributed by atoms with Gasteiger partial charge in [-0.25, -0.2) is 0 Å². The second-order valence-electron chi connectivity index (χ2n) is 6.42. The Morgan fingerprint density at radius 2 is 1.88 bits per heavy atom. The lowest BCUT2D eigenvalue weighted by atomic mass is 9.83. The highest BCUT2D eigenvalue weighted by Gasteiger charge is 2.41. The molecule has 2 rings (SSSR count). The maximum Gasteiger partial charge on any atom is 0.0687 e. The minimum absolute atomic E-state index is 0.302. The first-order valence-electron chi connectivity index (χ1n) is 7.39. The van der Waals surface area contributed by atoms with Crippen LogP contribution in [0.1, 0.15) is 65.2 Å². The molecule has 0 aromatic rings. The Labute approximate surface area is 115 Å². The minimum Gasteiger partial charge on any atom is -0.372 e. The molecule has 100 valence electrons. The molecule has 0 aromatic heterocycles. The topological polar surface area (TPSA) is 9.23 Å². The quantitative estimate of drug-likeness (QED) is 0.669. The van der Waals surface area contributed by atoms with Gasteiger partial charge in [0.2, 0.25) is 0 Å². The van der Waals surface area contributed by atoms with Gasteiger partial charge in [-0.05, 0) is 43.9 Å².